The van der Waals surface area contributed by atoms with Crippen molar-refractivity contribution in [3.8, 4) is 0 Å². The van der Waals surface area contributed by atoms with Gasteiger partial charge in [0.05, 0.1) is 6.54 Å². The van der Waals surface area contributed by atoms with Gasteiger partial charge in [-0.15, -0.1) is 0 Å². The van der Waals surface area contributed by atoms with Gasteiger partial charge in [-0.3, -0.25) is 9.59 Å². The normalized spacial score (nSPS) is 9.18. The Balaban J connectivity index is 3.14. The average molecular weight is 159 g/mol. The van der Waals surface area contributed by atoms with Crippen molar-refractivity contribution in [1.29, 1.82) is 0 Å². The zero-order valence-electron chi connectivity index (χ0n) is 6.30. The van der Waals surface area contributed by atoms with Crippen LogP contribution in [-0.4, -0.2) is 24.9 Å². The van der Waals surface area contributed by atoms with E-state index in [-0.39, 0.29) is 18.4 Å². The zero-order chi connectivity index (χ0) is 8.69. The highest BCUT2D eigenvalue weighted by atomic mass is 16.2. The fourth-order valence-electron chi connectivity index (χ4n) is 0.563. The molecule has 0 spiro atoms. The minimum Gasteiger partial charge on any atom is -0.370 e. The molecule has 5 heteroatoms. The summed E-state index contributed by atoms with van der Waals surface area (Å²) in [7, 11) is 0. The van der Waals surface area contributed by atoms with E-state index in [4.69, 9.17) is 11.5 Å². The first kappa shape index (κ1) is 9.90. The van der Waals surface area contributed by atoms with Crippen LogP contribution in [0.5, 0.6) is 0 Å². The van der Waals surface area contributed by atoms with Crippen LogP contribution in [0.2, 0.25) is 0 Å². The molecule has 5 nitrogen and oxygen atoms in total. The Bertz CT molecular complexity index is 147. The van der Waals surface area contributed by atoms with Crippen molar-refractivity contribution >= 4 is 11.8 Å². The summed E-state index contributed by atoms with van der Waals surface area (Å²) >= 11 is 0. The van der Waals surface area contributed by atoms with Crippen molar-refractivity contribution < 1.29 is 9.59 Å². The first-order valence-electron chi connectivity index (χ1n) is 3.42. The number of carbonyl (C=O) groups is 2. The second kappa shape index (κ2) is 5.67. The predicted molar refractivity (Wildman–Crippen MR) is 40.5 cm³/mol. The van der Waals surface area contributed by atoms with Gasteiger partial charge in [-0.1, -0.05) is 0 Å². The molecular formula is C6H13N3O2. The van der Waals surface area contributed by atoms with E-state index in [2.05, 4.69) is 5.32 Å². The van der Waals surface area contributed by atoms with Gasteiger partial charge in [-0.2, -0.15) is 0 Å². The molecule has 0 fully saturated rings. The largest absolute Gasteiger partial charge is 0.370 e. The highest BCUT2D eigenvalue weighted by Crippen LogP contribution is 1.83. The van der Waals surface area contributed by atoms with Crippen LogP contribution in [0.3, 0.4) is 0 Å². The Morgan fingerprint density at radius 1 is 1.36 bits per heavy atom. The van der Waals surface area contributed by atoms with Crippen molar-refractivity contribution in [2.75, 3.05) is 13.1 Å². The highest BCUT2D eigenvalue weighted by Gasteiger charge is 1.96. The fraction of sp³-hybridized carbons (Fsp3) is 0.667. The first-order chi connectivity index (χ1) is 5.16. The Labute approximate surface area is 65.1 Å². The lowest BCUT2D eigenvalue weighted by Crippen LogP contribution is -2.31. The highest BCUT2D eigenvalue weighted by molar-refractivity contribution is 5.77. The average Bonchev–Trinajstić information content (AvgIpc) is 1.97. The predicted octanol–water partition coefficient (Wildman–Crippen LogP) is -1.67. The number of carbonyl (C=O) groups excluding carboxylic acids is 2. The van der Waals surface area contributed by atoms with E-state index in [1.807, 2.05) is 0 Å². The van der Waals surface area contributed by atoms with E-state index in [1.54, 1.807) is 0 Å². The van der Waals surface area contributed by atoms with Crippen molar-refractivity contribution in [3.63, 3.8) is 0 Å². The second-order valence-electron chi connectivity index (χ2n) is 2.12. The zero-order valence-corrected chi connectivity index (χ0v) is 6.30. The van der Waals surface area contributed by atoms with Gasteiger partial charge in [0.15, 0.2) is 0 Å². The maximum absolute atomic E-state index is 10.5. The Morgan fingerprint density at radius 2 is 2.00 bits per heavy atom. The third kappa shape index (κ3) is 6.79. The smallest absolute Gasteiger partial charge is 0.233 e. The maximum Gasteiger partial charge on any atom is 0.233 e. The van der Waals surface area contributed by atoms with Crippen LogP contribution in [0.4, 0.5) is 0 Å². The molecule has 0 aliphatic heterocycles. The van der Waals surface area contributed by atoms with Gasteiger partial charge in [-0.25, -0.2) is 0 Å². The number of hydrogen-bond acceptors (Lipinski definition) is 3. The molecule has 0 bridgehead atoms. The minimum atomic E-state index is -0.355. The van der Waals surface area contributed by atoms with Crippen LogP contribution < -0.4 is 16.8 Å². The lowest BCUT2D eigenvalue weighted by atomic mass is 10.3. The standard InChI is InChI=1S/C6H13N3O2/c7-4-6(11)9-3-1-2-5(8)10/h1-4,7H2,(H2,8,10)(H,9,11). The van der Waals surface area contributed by atoms with Gasteiger partial charge >= 0.3 is 0 Å². The monoisotopic (exact) mass is 159 g/mol. The Kier molecular flexibility index (Phi) is 5.10. The molecule has 0 radical (unpaired) electrons. The first-order valence-corrected chi connectivity index (χ1v) is 3.42. The van der Waals surface area contributed by atoms with Crippen LogP contribution in [-0.2, 0) is 9.59 Å². The van der Waals surface area contributed by atoms with Crippen molar-refractivity contribution in [2.45, 2.75) is 12.8 Å². The van der Waals surface area contributed by atoms with Crippen molar-refractivity contribution in [3.05, 3.63) is 0 Å². The van der Waals surface area contributed by atoms with Crippen LogP contribution in [0.1, 0.15) is 12.8 Å². The number of nitrogens with one attached hydrogen (secondary N) is 1. The Morgan fingerprint density at radius 3 is 2.45 bits per heavy atom. The van der Waals surface area contributed by atoms with E-state index < -0.39 is 0 Å². The summed E-state index contributed by atoms with van der Waals surface area (Å²) < 4.78 is 0. The van der Waals surface area contributed by atoms with E-state index >= 15 is 0 Å². The molecule has 0 aromatic heterocycles. The van der Waals surface area contributed by atoms with Crippen molar-refractivity contribution in [1.82, 2.24) is 5.32 Å². The lowest BCUT2D eigenvalue weighted by Gasteiger charge is -2.00. The van der Waals surface area contributed by atoms with Gasteiger partial charge in [0.25, 0.3) is 0 Å². The van der Waals surface area contributed by atoms with E-state index in [0.29, 0.717) is 19.4 Å². The molecule has 0 atom stereocenters. The summed E-state index contributed by atoms with van der Waals surface area (Å²) in [6, 6.07) is 0. The third-order valence-corrected chi connectivity index (χ3v) is 1.11. The van der Waals surface area contributed by atoms with Crippen LogP contribution in [0, 0.1) is 0 Å². The van der Waals surface area contributed by atoms with E-state index in [9.17, 15) is 9.59 Å². The molecular weight excluding hydrogens is 146 g/mol. The summed E-state index contributed by atoms with van der Waals surface area (Å²) in [6.45, 7) is 0.440. The molecule has 64 valence electrons. The topological polar surface area (TPSA) is 98.2 Å². The van der Waals surface area contributed by atoms with E-state index in [1.165, 1.54) is 0 Å². The van der Waals surface area contributed by atoms with Crippen LogP contribution >= 0.6 is 0 Å². The fourth-order valence-corrected chi connectivity index (χ4v) is 0.563. The number of primary amides is 1. The molecule has 0 aromatic rings. The van der Waals surface area contributed by atoms with E-state index in [0.717, 1.165) is 0 Å². The quantitative estimate of drug-likeness (QED) is 0.418. The van der Waals surface area contributed by atoms with Gasteiger partial charge < -0.3 is 16.8 Å². The molecule has 0 heterocycles. The molecule has 2 amide bonds. The van der Waals surface area contributed by atoms with Gasteiger partial charge in [-0.05, 0) is 6.42 Å². The molecule has 0 aliphatic carbocycles. The molecule has 11 heavy (non-hydrogen) atoms. The van der Waals surface area contributed by atoms with Crippen molar-refractivity contribution in [2.24, 2.45) is 11.5 Å². The molecule has 0 saturated carbocycles. The number of nitrogens with two attached hydrogens (primary N) is 2. The van der Waals surface area contributed by atoms with Crippen LogP contribution in [0.25, 0.3) is 0 Å². The second-order valence-corrected chi connectivity index (χ2v) is 2.12. The molecule has 0 unspecified atom stereocenters. The SMILES string of the molecule is NCC(=O)NCCCC(N)=O. The summed E-state index contributed by atoms with van der Waals surface area (Å²) in [6.07, 6.45) is 0.867. The summed E-state index contributed by atoms with van der Waals surface area (Å²) in [5.41, 5.74) is 9.88. The van der Waals surface area contributed by atoms with Gasteiger partial charge in [0, 0.05) is 13.0 Å². The minimum absolute atomic E-state index is 0.0173. The van der Waals surface area contributed by atoms with Gasteiger partial charge in [0.2, 0.25) is 11.8 Å². The molecule has 0 saturated heterocycles. The maximum atomic E-state index is 10.5. The number of hydrogen-bond donors (Lipinski definition) is 3. The summed E-state index contributed by atoms with van der Waals surface area (Å²) in [5.74, 6) is -0.568. The third-order valence-electron chi connectivity index (χ3n) is 1.11. The summed E-state index contributed by atoms with van der Waals surface area (Å²) in [5, 5.41) is 2.52. The molecule has 5 N–H and O–H groups in total. The molecule has 0 aromatic carbocycles. The number of rotatable bonds is 5. The summed E-state index contributed by atoms with van der Waals surface area (Å²) in [4.78, 5) is 20.7. The lowest BCUT2D eigenvalue weighted by molar-refractivity contribution is -0.120. The Hall–Kier alpha value is -1.10. The van der Waals surface area contributed by atoms with Crippen LogP contribution in [0.15, 0.2) is 0 Å². The molecule has 0 aliphatic rings. The molecule has 0 rings (SSSR count). The number of amides is 2. The van der Waals surface area contributed by atoms with Gasteiger partial charge in [0.1, 0.15) is 0 Å².